The lowest BCUT2D eigenvalue weighted by molar-refractivity contribution is -0.141. The van der Waals surface area contributed by atoms with Crippen LogP contribution in [0.3, 0.4) is 0 Å². The minimum absolute atomic E-state index is 0.0922. The molecule has 2 amide bonds. The van der Waals surface area contributed by atoms with E-state index in [-0.39, 0.29) is 37.2 Å². The average Bonchev–Trinajstić information content (AvgIpc) is 2.90. The molecule has 40 heavy (non-hydrogen) atoms. The van der Waals surface area contributed by atoms with Crippen LogP contribution in [-0.4, -0.2) is 57.1 Å². The van der Waals surface area contributed by atoms with Crippen molar-refractivity contribution in [2.45, 2.75) is 83.8 Å². The van der Waals surface area contributed by atoms with Gasteiger partial charge in [0.25, 0.3) is 0 Å². The van der Waals surface area contributed by atoms with Crippen molar-refractivity contribution in [3.8, 4) is 5.75 Å². The number of nitrogens with zero attached hydrogens (tertiary/aromatic N) is 2. The summed E-state index contributed by atoms with van der Waals surface area (Å²) in [5.74, 6) is 0.132. The van der Waals surface area contributed by atoms with Crippen molar-refractivity contribution in [1.29, 1.82) is 0 Å². The number of rotatable bonds is 13. The third-order valence-electron chi connectivity index (χ3n) is 7.35. The van der Waals surface area contributed by atoms with Crippen LogP contribution in [0.5, 0.6) is 5.75 Å². The normalized spacial score (nSPS) is 14.8. The molecule has 1 atom stereocenters. The van der Waals surface area contributed by atoms with Gasteiger partial charge in [0.2, 0.25) is 21.8 Å². The number of ether oxygens (including phenoxy) is 1. The Kier molecular flexibility index (Phi) is 11.7. The predicted molar refractivity (Wildman–Crippen MR) is 160 cm³/mol. The van der Waals surface area contributed by atoms with Crippen LogP contribution in [0, 0.1) is 6.92 Å². The minimum atomic E-state index is -3.63. The Morgan fingerprint density at radius 3 is 2.45 bits per heavy atom. The number of carbonyl (C=O) groups is 2. The first-order chi connectivity index (χ1) is 19.0. The molecule has 0 aliphatic heterocycles. The number of anilines is 1. The number of benzene rings is 2. The molecule has 220 valence electrons. The summed E-state index contributed by atoms with van der Waals surface area (Å²) in [7, 11) is -2.14. The lowest BCUT2D eigenvalue weighted by Gasteiger charge is -2.33. The molecule has 0 spiro atoms. The van der Waals surface area contributed by atoms with Crippen molar-refractivity contribution in [1.82, 2.24) is 10.2 Å². The molecule has 0 saturated heterocycles. The number of hydrogen-bond acceptors (Lipinski definition) is 5. The van der Waals surface area contributed by atoms with Crippen LogP contribution >= 0.6 is 11.6 Å². The van der Waals surface area contributed by atoms with Crippen molar-refractivity contribution in [3.05, 3.63) is 58.6 Å². The molecule has 2 aromatic carbocycles. The van der Waals surface area contributed by atoms with Crippen LogP contribution in [-0.2, 0) is 26.2 Å². The van der Waals surface area contributed by atoms with Crippen molar-refractivity contribution >= 4 is 39.1 Å². The Labute approximate surface area is 244 Å². The monoisotopic (exact) mass is 591 g/mol. The van der Waals surface area contributed by atoms with Crippen LogP contribution in [0.1, 0.15) is 69.4 Å². The van der Waals surface area contributed by atoms with Crippen molar-refractivity contribution in [2.24, 2.45) is 0 Å². The van der Waals surface area contributed by atoms with Gasteiger partial charge < -0.3 is 15.0 Å². The second-order valence-corrected chi connectivity index (χ2v) is 12.8. The van der Waals surface area contributed by atoms with Crippen LogP contribution in [0.25, 0.3) is 0 Å². The molecular weight excluding hydrogens is 550 g/mol. The van der Waals surface area contributed by atoms with Gasteiger partial charge in [-0.25, -0.2) is 8.42 Å². The van der Waals surface area contributed by atoms with Gasteiger partial charge in [-0.05, 0) is 56.4 Å². The highest BCUT2D eigenvalue weighted by Crippen LogP contribution is 2.30. The number of methoxy groups -OCH3 is 1. The van der Waals surface area contributed by atoms with Gasteiger partial charge in [-0.2, -0.15) is 0 Å². The van der Waals surface area contributed by atoms with Crippen LogP contribution in [0.2, 0.25) is 5.02 Å². The van der Waals surface area contributed by atoms with Crippen LogP contribution in [0.4, 0.5) is 5.69 Å². The highest BCUT2D eigenvalue weighted by Gasteiger charge is 2.30. The second kappa shape index (κ2) is 14.7. The molecule has 1 saturated carbocycles. The van der Waals surface area contributed by atoms with Crippen molar-refractivity contribution in [2.75, 3.05) is 24.2 Å². The van der Waals surface area contributed by atoms with Crippen LogP contribution in [0.15, 0.2) is 42.5 Å². The standard InChI is InChI=1S/C30H42ClN3O5S/c1-5-27(30(36)32-24-13-7-6-8-14-24)33(21-23-12-9-11-22(2)19-23)29(35)15-10-18-34(40(4,37)38)25-16-17-28(39-3)26(31)20-25/h9,11-12,16-17,19-20,24,27H,5-8,10,13-15,18,21H2,1-4H3,(H,32,36)/t27-/m0/s1. The van der Waals surface area contributed by atoms with E-state index in [4.69, 9.17) is 16.3 Å². The third kappa shape index (κ3) is 8.86. The summed E-state index contributed by atoms with van der Waals surface area (Å²) in [5.41, 5.74) is 2.42. The molecule has 0 unspecified atom stereocenters. The summed E-state index contributed by atoms with van der Waals surface area (Å²) in [4.78, 5) is 28.7. The van der Waals surface area contributed by atoms with E-state index in [9.17, 15) is 18.0 Å². The molecule has 3 rings (SSSR count). The quantitative estimate of drug-likeness (QED) is 0.334. The fraction of sp³-hybridized carbons (Fsp3) is 0.533. The Morgan fingerprint density at radius 2 is 1.85 bits per heavy atom. The van der Waals surface area contributed by atoms with E-state index < -0.39 is 16.1 Å². The molecule has 0 radical (unpaired) electrons. The Bertz CT molecular complexity index is 1260. The van der Waals surface area contributed by atoms with Crippen LogP contribution < -0.4 is 14.4 Å². The van der Waals surface area contributed by atoms with E-state index in [1.807, 2.05) is 38.1 Å². The van der Waals surface area contributed by atoms with Crippen molar-refractivity contribution < 1.29 is 22.7 Å². The van der Waals surface area contributed by atoms with E-state index >= 15 is 0 Å². The van der Waals surface area contributed by atoms with Gasteiger partial charge in [-0.1, -0.05) is 67.6 Å². The molecule has 0 heterocycles. The molecule has 0 aromatic heterocycles. The fourth-order valence-corrected chi connectivity index (χ4v) is 6.49. The highest BCUT2D eigenvalue weighted by molar-refractivity contribution is 7.92. The SMILES string of the molecule is CC[C@@H](C(=O)NC1CCCCC1)N(Cc1cccc(C)c1)C(=O)CCCN(c1ccc(OC)c(Cl)c1)S(C)(=O)=O. The number of halogens is 1. The first-order valence-corrected chi connectivity index (χ1v) is 16.2. The number of nitrogens with one attached hydrogen (secondary N) is 1. The molecule has 2 aromatic rings. The zero-order valence-corrected chi connectivity index (χ0v) is 25.6. The van der Waals surface area contributed by atoms with Gasteiger partial charge in [0, 0.05) is 25.6 Å². The van der Waals surface area contributed by atoms with E-state index in [1.54, 1.807) is 17.0 Å². The number of carbonyl (C=O) groups excluding carboxylic acids is 2. The van der Waals surface area contributed by atoms with E-state index in [2.05, 4.69) is 5.32 Å². The molecule has 0 bridgehead atoms. The van der Waals surface area contributed by atoms with Gasteiger partial charge in [-0.15, -0.1) is 0 Å². The number of amides is 2. The molecule has 8 nitrogen and oxygen atoms in total. The molecule has 1 N–H and O–H groups in total. The lowest BCUT2D eigenvalue weighted by Crippen LogP contribution is -2.51. The Morgan fingerprint density at radius 1 is 1.12 bits per heavy atom. The van der Waals surface area contributed by atoms with Gasteiger partial charge in [-0.3, -0.25) is 13.9 Å². The Balaban J connectivity index is 1.77. The second-order valence-electron chi connectivity index (χ2n) is 10.5. The fourth-order valence-electron chi connectivity index (χ4n) is 5.29. The predicted octanol–water partition coefficient (Wildman–Crippen LogP) is 5.46. The number of aryl methyl sites for hydroxylation is 1. The van der Waals surface area contributed by atoms with Gasteiger partial charge >= 0.3 is 0 Å². The number of hydrogen-bond donors (Lipinski definition) is 1. The maximum absolute atomic E-state index is 13.7. The largest absolute Gasteiger partial charge is 0.495 e. The van der Waals surface area contributed by atoms with Gasteiger partial charge in [0.15, 0.2) is 0 Å². The maximum atomic E-state index is 13.7. The summed E-state index contributed by atoms with van der Waals surface area (Å²) >= 11 is 6.24. The summed E-state index contributed by atoms with van der Waals surface area (Å²) in [6.45, 7) is 4.31. The smallest absolute Gasteiger partial charge is 0.243 e. The first-order valence-electron chi connectivity index (χ1n) is 14.0. The highest BCUT2D eigenvalue weighted by atomic mass is 35.5. The molecule has 10 heteroatoms. The molecule has 1 fully saturated rings. The van der Waals surface area contributed by atoms with Gasteiger partial charge in [0.05, 0.1) is 24.1 Å². The van der Waals surface area contributed by atoms with E-state index in [0.717, 1.165) is 43.1 Å². The summed E-state index contributed by atoms with van der Waals surface area (Å²) in [6, 6.07) is 12.2. The van der Waals surface area contributed by atoms with Gasteiger partial charge in [0.1, 0.15) is 11.8 Å². The zero-order valence-electron chi connectivity index (χ0n) is 24.0. The topological polar surface area (TPSA) is 96.0 Å². The molecule has 1 aliphatic carbocycles. The molecule has 1 aliphatic rings. The van der Waals surface area contributed by atoms with E-state index in [0.29, 0.717) is 29.4 Å². The minimum Gasteiger partial charge on any atom is -0.495 e. The summed E-state index contributed by atoms with van der Waals surface area (Å²) in [6.07, 6.45) is 7.29. The zero-order chi connectivity index (χ0) is 29.3. The average molecular weight is 592 g/mol. The summed E-state index contributed by atoms with van der Waals surface area (Å²) in [5, 5.41) is 3.48. The maximum Gasteiger partial charge on any atom is 0.243 e. The molecular formula is C30H42ClN3O5S. The van der Waals surface area contributed by atoms with Crippen molar-refractivity contribution in [3.63, 3.8) is 0 Å². The Hall–Kier alpha value is -2.78. The third-order valence-corrected chi connectivity index (χ3v) is 8.84. The first kappa shape index (κ1) is 31.7. The van der Waals surface area contributed by atoms with E-state index in [1.165, 1.54) is 23.9 Å². The number of sulfonamides is 1. The lowest BCUT2D eigenvalue weighted by atomic mass is 9.95. The summed E-state index contributed by atoms with van der Waals surface area (Å²) < 4.78 is 31.7.